The second kappa shape index (κ2) is 9.33. The molecule has 0 radical (unpaired) electrons. The summed E-state index contributed by atoms with van der Waals surface area (Å²) in [6.45, 7) is 17.6. The summed E-state index contributed by atoms with van der Waals surface area (Å²) < 4.78 is 7.41. The molecule has 0 amide bonds. The van der Waals surface area contributed by atoms with Gasteiger partial charge in [0, 0.05) is 0 Å². The van der Waals surface area contributed by atoms with Crippen LogP contribution in [0.2, 0.25) is 5.04 Å². The smallest absolute Gasteiger partial charge is 0.261 e. The molecule has 3 rings (SSSR count). The van der Waals surface area contributed by atoms with E-state index in [1.807, 2.05) is 6.08 Å². The lowest BCUT2D eigenvalue weighted by molar-refractivity contribution is -0.106. The Morgan fingerprint density at radius 1 is 1.03 bits per heavy atom. The first kappa shape index (κ1) is 24.4. The van der Waals surface area contributed by atoms with Gasteiger partial charge in [0.05, 0.1) is 6.10 Å². The van der Waals surface area contributed by atoms with E-state index >= 15 is 0 Å². The average molecular weight is 447 g/mol. The number of carbonyl (C=O) groups is 1. The van der Waals surface area contributed by atoms with Gasteiger partial charge in [0.1, 0.15) is 6.29 Å². The summed E-state index contributed by atoms with van der Waals surface area (Å²) in [4.78, 5) is 12.0. The first-order chi connectivity index (χ1) is 15.1. The third-order valence-electron chi connectivity index (χ3n) is 7.39. The fourth-order valence-corrected chi connectivity index (χ4v) is 10.3. The Balaban J connectivity index is 2.18. The van der Waals surface area contributed by atoms with Crippen LogP contribution < -0.4 is 10.4 Å². The van der Waals surface area contributed by atoms with Crippen molar-refractivity contribution in [3.05, 3.63) is 84.5 Å². The molecule has 0 spiro atoms. The minimum absolute atomic E-state index is 0.102. The zero-order valence-electron chi connectivity index (χ0n) is 20.5. The van der Waals surface area contributed by atoms with Crippen LogP contribution in [-0.4, -0.2) is 20.7 Å². The molecular formula is C29H38O2Si. The molecule has 2 nitrogen and oxygen atoms in total. The highest BCUT2D eigenvalue weighted by molar-refractivity contribution is 6.99. The van der Waals surface area contributed by atoms with Gasteiger partial charge in [0.25, 0.3) is 8.32 Å². The molecule has 0 bridgehead atoms. The zero-order valence-corrected chi connectivity index (χ0v) is 21.5. The van der Waals surface area contributed by atoms with E-state index in [9.17, 15) is 4.79 Å². The maximum Gasteiger partial charge on any atom is 0.261 e. The minimum Gasteiger partial charge on any atom is -0.401 e. The molecule has 0 saturated heterocycles. The molecule has 3 heteroatoms. The molecule has 0 fully saturated rings. The number of carbonyl (C=O) groups excluding carboxylic acids is 1. The first-order valence-corrected chi connectivity index (χ1v) is 13.6. The van der Waals surface area contributed by atoms with E-state index in [1.54, 1.807) is 0 Å². The van der Waals surface area contributed by atoms with Crippen LogP contribution in [-0.2, 0) is 9.22 Å². The van der Waals surface area contributed by atoms with Gasteiger partial charge >= 0.3 is 0 Å². The Morgan fingerprint density at radius 3 is 1.94 bits per heavy atom. The molecule has 0 N–H and O–H groups in total. The van der Waals surface area contributed by atoms with Crippen molar-refractivity contribution in [1.82, 2.24) is 0 Å². The van der Waals surface area contributed by atoms with Crippen LogP contribution in [0.15, 0.2) is 84.5 Å². The monoisotopic (exact) mass is 446 g/mol. The minimum atomic E-state index is -2.70. The van der Waals surface area contributed by atoms with Gasteiger partial charge in [0.15, 0.2) is 0 Å². The van der Waals surface area contributed by atoms with Crippen molar-refractivity contribution in [2.45, 2.75) is 65.5 Å². The molecule has 170 valence electrons. The molecule has 0 saturated carbocycles. The van der Waals surface area contributed by atoms with Gasteiger partial charge in [-0.2, -0.15) is 0 Å². The Bertz CT molecular complexity index is 928. The summed E-state index contributed by atoms with van der Waals surface area (Å²) in [6.07, 6.45) is 4.81. The van der Waals surface area contributed by atoms with E-state index in [-0.39, 0.29) is 22.5 Å². The Labute approximate surface area is 195 Å². The highest BCUT2D eigenvalue weighted by Crippen LogP contribution is 2.48. The van der Waals surface area contributed by atoms with Crippen molar-refractivity contribution in [3.8, 4) is 0 Å². The summed E-state index contributed by atoms with van der Waals surface area (Å²) in [5, 5.41) is 2.43. The molecule has 0 heterocycles. The molecule has 0 unspecified atom stereocenters. The third kappa shape index (κ3) is 4.21. The van der Waals surface area contributed by atoms with Gasteiger partial charge in [-0.05, 0) is 52.1 Å². The number of aldehydes is 1. The van der Waals surface area contributed by atoms with Crippen LogP contribution in [0.5, 0.6) is 0 Å². The fourth-order valence-electron chi connectivity index (χ4n) is 5.63. The largest absolute Gasteiger partial charge is 0.401 e. The van der Waals surface area contributed by atoms with Crippen molar-refractivity contribution in [2.24, 2.45) is 11.3 Å². The van der Waals surface area contributed by atoms with Gasteiger partial charge in [-0.1, -0.05) is 107 Å². The van der Waals surface area contributed by atoms with Crippen LogP contribution in [0.25, 0.3) is 0 Å². The molecule has 0 aromatic heterocycles. The maximum absolute atomic E-state index is 12.0. The lowest BCUT2D eigenvalue weighted by atomic mass is 9.64. The van der Waals surface area contributed by atoms with Gasteiger partial charge in [0.2, 0.25) is 0 Å². The quantitative estimate of drug-likeness (QED) is 0.293. The standard InChI is InChI=1S/C29H38O2Si/c1-8-27(25-20-19-22(2)26(21-30)29(25,6)7)31-32(28(3,4)5,23-15-11-9-12-16-23)24-17-13-10-14-18-24/h8-18,21,25,27H,1,19-20H2,2-7H3/t25-,27-/m0/s1. The first-order valence-electron chi connectivity index (χ1n) is 11.7. The van der Waals surface area contributed by atoms with E-state index in [4.69, 9.17) is 4.43 Å². The second-order valence-electron chi connectivity index (χ2n) is 10.7. The number of benzene rings is 2. The molecule has 2 atom stereocenters. The topological polar surface area (TPSA) is 26.3 Å². The molecule has 1 aliphatic carbocycles. The normalized spacial score (nSPS) is 20.0. The predicted molar refractivity (Wildman–Crippen MR) is 138 cm³/mol. The van der Waals surface area contributed by atoms with Gasteiger partial charge in [-0.3, -0.25) is 4.79 Å². The van der Waals surface area contributed by atoms with Crippen molar-refractivity contribution < 1.29 is 9.22 Å². The van der Waals surface area contributed by atoms with Crippen LogP contribution in [0, 0.1) is 11.3 Å². The Morgan fingerprint density at radius 2 is 1.53 bits per heavy atom. The van der Waals surface area contributed by atoms with E-state index in [0.29, 0.717) is 0 Å². The fraction of sp³-hybridized carbons (Fsp3) is 0.414. The lowest BCUT2D eigenvalue weighted by Gasteiger charge is -2.49. The number of allylic oxidation sites excluding steroid dienone is 2. The number of hydrogen-bond donors (Lipinski definition) is 0. The van der Waals surface area contributed by atoms with E-state index in [1.165, 1.54) is 15.9 Å². The zero-order chi connectivity index (χ0) is 23.6. The Kier molecular flexibility index (Phi) is 7.11. The van der Waals surface area contributed by atoms with Crippen molar-refractivity contribution in [2.75, 3.05) is 0 Å². The van der Waals surface area contributed by atoms with Crippen molar-refractivity contribution >= 4 is 25.0 Å². The summed E-state index contributed by atoms with van der Waals surface area (Å²) >= 11 is 0. The molecule has 1 aliphatic rings. The lowest BCUT2D eigenvalue weighted by Crippen LogP contribution is -2.68. The molecule has 2 aromatic rings. The maximum atomic E-state index is 12.0. The third-order valence-corrected chi connectivity index (χ3v) is 12.4. The van der Waals surface area contributed by atoms with Crippen molar-refractivity contribution in [1.29, 1.82) is 0 Å². The van der Waals surface area contributed by atoms with Gasteiger partial charge in [-0.25, -0.2) is 0 Å². The number of rotatable bonds is 7. The molecule has 0 aliphatic heterocycles. The summed E-state index contributed by atoms with van der Waals surface area (Å²) in [6, 6.07) is 21.5. The molecule has 32 heavy (non-hydrogen) atoms. The van der Waals surface area contributed by atoms with E-state index < -0.39 is 8.32 Å². The predicted octanol–water partition coefficient (Wildman–Crippen LogP) is 6.07. The van der Waals surface area contributed by atoms with Crippen LogP contribution in [0.3, 0.4) is 0 Å². The van der Waals surface area contributed by atoms with Crippen LogP contribution >= 0.6 is 0 Å². The second-order valence-corrected chi connectivity index (χ2v) is 14.9. The Hall–Kier alpha value is -2.23. The van der Waals surface area contributed by atoms with Crippen LogP contribution in [0.4, 0.5) is 0 Å². The highest BCUT2D eigenvalue weighted by Gasteiger charge is 2.53. The summed E-state index contributed by atoms with van der Waals surface area (Å²) in [5.41, 5.74) is 1.86. The van der Waals surface area contributed by atoms with Gasteiger partial charge < -0.3 is 4.43 Å². The van der Waals surface area contributed by atoms with Crippen molar-refractivity contribution in [3.63, 3.8) is 0 Å². The van der Waals surface area contributed by atoms with Crippen LogP contribution in [0.1, 0.15) is 54.4 Å². The highest BCUT2D eigenvalue weighted by atomic mass is 28.4. The summed E-state index contributed by atoms with van der Waals surface area (Å²) in [5.74, 6) is 0.186. The van der Waals surface area contributed by atoms with E-state index in [0.717, 1.165) is 24.7 Å². The van der Waals surface area contributed by atoms with Gasteiger partial charge in [-0.15, -0.1) is 6.58 Å². The molecule has 2 aromatic carbocycles. The van der Waals surface area contributed by atoms with E-state index in [2.05, 4.69) is 109 Å². The molecular weight excluding hydrogens is 408 g/mol. The summed E-state index contributed by atoms with van der Waals surface area (Å²) in [7, 11) is -2.70. The number of hydrogen-bond acceptors (Lipinski definition) is 2. The SMILES string of the molecule is C=C[C@H](O[Si](c1ccccc1)(c1ccccc1)C(C)(C)C)[C@@H]1CCC(C)=C(C=O)C1(C)C. The average Bonchev–Trinajstić information content (AvgIpc) is 2.76.